The highest BCUT2D eigenvalue weighted by molar-refractivity contribution is 5.28. The topological polar surface area (TPSA) is 38.0 Å². The molecule has 0 spiro atoms. The van der Waals surface area contributed by atoms with Crippen LogP contribution in [0.5, 0.6) is 0 Å². The van der Waals surface area contributed by atoms with E-state index >= 15 is 0 Å². The second kappa shape index (κ2) is 6.35. The van der Waals surface area contributed by atoms with E-state index in [0.29, 0.717) is 18.5 Å². The summed E-state index contributed by atoms with van der Waals surface area (Å²) in [5, 5.41) is 3.60. The van der Waals surface area contributed by atoms with Gasteiger partial charge in [-0.15, -0.1) is 0 Å². The Kier molecular flexibility index (Phi) is 5.36. The van der Waals surface area contributed by atoms with Crippen LogP contribution < -0.4 is 11.1 Å². The molecule has 0 aromatic heterocycles. The zero-order chi connectivity index (χ0) is 13.8. The number of hydrogen-bond acceptors (Lipinski definition) is 2. The van der Waals surface area contributed by atoms with Gasteiger partial charge < -0.3 is 11.1 Å². The van der Waals surface area contributed by atoms with Crippen LogP contribution >= 0.6 is 0 Å². The predicted octanol–water partition coefficient (Wildman–Crippen LogP) is 2.85. The van der Waals surface area contributed by atoms with Crippen molar-refractivity contribution in [3.63, 3.8) is 0 Å². The fraction of sp³-hybridized carbons (Fsp3) is 0.625. The van der Waals surface area contributed by atoms with Crippen LogP contribution in [0.25, 0.3) is 0 Å². The summed E-state index contributed by atoms with van der Waals surface area (Å²) in [6, 6.07) is 9.16. The van der Waals surface area contributed by atoms with Crippen molar-refractivity contribution in [2.75, 3.05) is 13.1 Å². The van der Waals surface area contributed by atoms with Crippen molar-refractivity contribution in [2.24, 2.45) is 11.7 Å². The minimum atomic E-state index is 0.133. The molecule has 0 bridgehead atoms. The van der Waals surface area contributed by atoms with Gasteiger partial charge in [0.15, 0.2) is 0 Å². The van der Waals surface area contributed by atoms with Crippen LogP contribution in [-0.4, -0.2) is 19.1 Å². The van der Waals surface area contributed by atoms with E-state index in [1.807, 2.05) is 0 Å². The molecule has 0 aliphatic carbocycles. The van der Waals surface area contributed by atoms with Crippen molar-refractivity contribution in [3.8, 4) is 0 Å². The van der Waals surface area contributed by atoms with Crippen molar-refractivity contribution in [2.45, 2.75) is 46.1 Å². The molecule has 1 aromatic carbocycles. The molecule has 0 amide bonds. The van der Waals surface area contributed by atoms with Crippen LogP contribution in [0.15, 0.2) is 24.3 Å². The minimum Gasteiger partial charge on any atom is -0.329 e. The molecular weight excluding hydrogens is 220 g/mol. The van der Waals surface area contributed by atoms with Crippen molar-refractivity contribution in [1.29, 1.82) is 0 Å². The molecule has 0 saturated heterocycles. The highest BCUT2D eigenvalue weighted by Gasteiger charge is 2.22. The molecule has 0 radical (unpaired) electrons. The van der Waals surface area contributed by atoms with E-state index in [2.05, 4.69) is 64.2 Å². The van der Waals surface area contributed by atoms with Crippen LogP contribution in [-0.2, 0) is 5.41 Å². The second-order valence-corrected chi connectivity index (χ2v) is 6.22. The Labute approximate surface area is 112 Å². The monoisotopic (exact) mass is 248 g/mol. The average Bonchev–Trinajstić information content (AvgIpc) is 2.29. The third kappa shape index (κ3) is 4.11. The maximum Gasteiger partial charge on any atom is 0.0213 e. The average molecular weight is 248 g/mol. The van der Waals surface area contributed by atoms with Gasteiger partial charge in [0.2, 0.25) is 0 Å². The van der Waals surface area contributed by atoms with Gasteiger partial charge in [0.25, 0.3) is 0 Å². The number of aryl methyl sites for hydroxylation is 1. The van der Waals surface area contributed by atoms with Crippen LogP contribution in [0.4, 0.5) is 0 Å². The lowest BCUT2D eigenvalue weighted by Crippen LogP contribution is -2.45. The molecular formula is C16H28N2. The highest BCUT2D eigenvalue weighted by Crippen LogP contribution is 2.23. The first-order valence-corrected chi connectivity index (χ1v) is 6.87. The summed E-state index contributed by atoms with van der Waals surface area (Å²) in [4.78, 5) is 0. The third-order valence-electron chi connectivity index (χ3n) is 3.66. The Balaban J connectivity index is 2.70. The van der Waals surface area contributed by atoms with E-state index < -0.39 is 0 Å². The first kappa shape index (κ1) is 15.2. The Hall–Kier alpha value is -0.860. The number of hydrogen-bond donors (Lipinski definition) is 2. The van der Waals surface area contributed by atoms with E-state index in [-0.39, 0.29) is 5.41 Å². The van der Waals surface area contributed by atoms with Gasteiger partial charge in [-0.3, -0.25) is 0 Å². The lowest BCUT2D eigenvalue weighted by atomic mass is 9.83. The Morgan fingerprint density at radius 1 is 1.28 bits per heavy atom. The van der Waals surface area contributed by atoms with Gasteiger partial charge >= 0.3 is 0 Å². The van der Waals surface area contributed by atoms with Gasteiger partial charge in [-0.05, 0) is 18.4 Å². The summed E-state index contributed by atoms with van der Waals surface area (Å²) in [6.07, 6.45) is 0. The number of benzene rings is 1. The molecule has 0 saturated carbocycles. The first-order valence-electron chi connectivity index (χ1n) is 6.87. The summed E-state index contributed by atoms with van der Waals surface area (Å²) >= 11 is 0. The van der Waals surface area contributed by atoms with Crippen molar-refractivity contribution >= 4 is 0 Å². The quantitative estimate of drug-likeness (QED) is 0.812. The van der Waals surface area contributed by atoms with Crippen LogP contribution in [0, 0.1) is 12.8 Å². The first-order chi connectivity index (χ1) is 8.36. The van der Waals surface area contributed by atoms with Gasteiger partial charge in [-0.1, -0.05) is 57.5 Å². The maximum atomic E-state index is 5.80. The van der Waals surface area contributed by atoms with Gasteiger partial charge in [0.1, 0.15) is 0 Å². The standard InChI is InChI=1S/C16H28N2/c1-12(2)15(10-17)18-11-16(4,5)14-8-6-7-13(3)9-14/h6-9,12,15,18H,10-11,17H2,1-5H3. The van der Waals surface area contributed by atoms with Crippen LogP contribution in [0.3, 0.4) is 0 Å². The van der Waals surface area contributed by atoms with E-state index in [9.17, 15) is 0 Å². The van der Waals surface area contributed by atoms with E-state index in [4.69, 9.17) is 5.73 Å². The second-order valence-electron chi connectivity index (χ2n) is 6.22. The molecule has 3 N–H and O–H groups in total. The molecule has 1 rings (SSSR count). The fourth-order valence-corrected chi connectivity index (χ4v) is 2.15. The molecule has 1 aromatic rings. The lowest BCUT2D eigenvalue weighted by Gasteiger charge is -2.30. The summed E-state index contributed by atoms with van der Waals surface area (Å²) in [5.41, 5.74) is 8.64. The van der Waals surface area contributed by atoms with E-state index in [0.717, 1.165) is 6.54 Å². The van der Waals surface area contributed by atoms with Gasteiger partial charge in [-0.2, -0.15) is 0 Å². The smallest absolute Gasteiger partial charge is 0.0213 e. The molecule has 0 aliphatic heterocycles. The number of nitrogens with two attached hydrogens (primary N) is 1. The molecule has 18 heavy (non-hydrogen) atoms. The van der Waals surface area contributed by atoms with Crippen molar-refractivity contribution in [3.05, 3.63) is 35.4 Å². The fourth-order valence-electron chi connectivity index (χ4n) is 2.15. The summed E-state index contributed by atoms with van der Waals surface area (Å²) < 4.78 is 0. The van der Waals surface area contributed by atoms with E-state index in [1.165, 1.54) is 11.1 Å². The lowest BCUT2D eigenvalue weighted by molar-refractivity contribution is 0.360. The molecule has 2 heteroatoms. The SMILES string of the molecule is Cc1cccc(C(C)(C)CNC(CN)C(C)C)c1. The normalized spacial score (nSPS) is 13.9. The molecule has 2 nitrogen and oxygen atoms in total. The van der Waals surface area contributed by atoms with Gasteiger partial charge in [0, 0.05) is 24.5 Å². The third-order valence-corrected chi connectivity index (χ3v) is 3.66. The zero-order valence-corrected chi connectivity index (χ0v) is 12.5. The molecule has 1 atom stereocenters. The summed E-state index contributed by atoms with van der Waals surface area (Å²) in [5.74, 6) is 0.573. The summed E-state index contributed by atoms with van der Waals surface area (Å²) in [7, 11) is 0. The molecule has 0 heterocycles. The maximum absolute atomic E-state index is 5.80. The molecule has 0 aliphatic rings. The summed E-state index contributed by atoms with van der Waals surface area (Å²) in [6.45, 7) is 12.8. The Morgan fingerprint density at radius 3 is 2.44 bits per heavy atom. The number of nitrogens with one attached hydrogen (secondary N) is 1. The van der Waals surface area contributed by atoms with Crippen LogP contribution in [0.2, 0.25) is 0 Å². The number of rotatable bonds is 6. The Morgan fingerprint density at radius 2 is 1.94 bits per heavy atom. The molecule has 0 fully saturated rings. The molecule has 1 unspecified atom stereocenters. The zero-order valence-electron chi connectivity index (χ0n) is 12.5. The van der Waals surface area contributed by atoms with Crippen molar-refractivity contribution < 1.29 is 0 Å². The largest absolute Gasteiger partial charge is 0.329 e. The van der Waals surface area contributed by atoms with Crippen LogP contribution in [0.1, 0.15) is 38.8 Å². The van der Waals surface area contributed by atoms with Gasteiger partial charge in [0.05, 0.1) is 0 Å². The van der Waals surface area contributed by atoms with Gasteiger partial charge in [-0.25, -0.2) is 0 Å². The molecule has 102 valence electrons. The van der Waals surface area contributed by atoms with E-state index in [1.54, 1.807) is 0 Å². The Bertz CT molecular complexity index is 369. The highest BCUT2D eigenvalue weighted by atomic mass is 14.9. The van der Waals surface area contributed by atoms with Crippen molar-refractivity contribution in [1.82, 2.24) is 5.32 Å². The minimum absolute atomic E-state index is 0.133. The predicted molar refractivity (Wildman–Crippen MR) is 79.9 cm³/mol.